The smallest absolute Gasteiger partial charge is 0.133 e. The van der Waals surface area contributed by atoms with Crippen LogP contribution in [0.5, 0.6) is 0 Å². The Morgan fingerprint density at radius 2 is 1.76 bits per heavy atom. The minimum absolute atomic E-state index is 0.597. The standard InChI is InChI=1S/C18H20N2S/c1-11-16(19-17(15-9-10-15)20-18(11)21)14-7-5-13(6-8-14)12-3-2-4-12/h5-8,12,15H,2-4,9-10H2,1H3,(H,19,20,21). The summed E-state index contributed by atoms with van der Waals surface area (Å²) in [6.07, 6.45) is 6.56. The first kappa shape index (κ1) is 13.2. The van der Waals surface area contributed by atoms with Gasteiger partial charge >= 0.3 is 0 Å². The van der Waals surface area contributed by atoms with Gasteiger partial charge < -0.3 is 4.98 Å². The van der Waals surface area contributed by atoms with Gasteiger partial charge in [0, 0.05) is 11.5 Å². The van der Waals surface area contributed by atoms with Crippen molar-refractivity contribution in [3.63, 3.8) is 0 Å². The van der Waals surface area contributed by atoms with Crippen molar-refractivity contribution in [3.8, 4) is 11.3 Å². The van der Waals surface area contributed by atoms with Gasteiger partial charge in [-0.15, -0.1) is 0 Å². The summed E-state index contributed by atoms with van der Waals surface area (Å²) in [6, 6.07) is 9.04. The van der Waals surface area contributed by atoms with Crippen LogP contribution in [-0.4, -0.2) is 9.97 Å². The van der Waals surface area contributed by atoms with E-state index in [2.05, 4.69) is 41.2 Å². The molecule has 2 aromatic rings. The summed E-state index contributed by atoms with van der Waals surface area (Å²) in [4.78, 5) is 8.08. The number of H-pyrrole nitrogens is 1. The van der Waals surface area contributed by atoms with Crippen LogP contribution in [0.25, 0.3) is 11.3 Å². The second-order valence-electron chi connectivity index (χ2n) is 6.45. The van der Waals surface area contributed by atoms with Crippen LogP contribution in [0, 0.1) is 11.6 Å². The summed E-state index contributed by atoms with van der Waals surface area (Å²) in [5.41, 5.74) is 4.95. The second-order valence-corrected chi connectivity index (χ2v) is 6.84. The van der Waals surface area contributed by atoms with Gasteiger partial charge in [0.05, 0.1) is 5.69 Å². The van der Waals surface area contributed by atoms with Crippen LogP contribution in [-0.2, 0) is 0 Å². The van der Waals surface area contributed by atoms with Gasteiger partial charge in [0.1, 0.15) is 10.5 Å². The zero-order valence-corrected chi connectivity index (χ0v) is 13.2. The SMILES string of the molecule is Cc1c(-c2ccc(C3CCC3)cc2)[nH]c(C2CC2)nc1=S. The van der Waals surface area contributed by atoms with E-state index < -0.39 is 0 Å². The predicted octanol–water partition coefficient (Wildman–Crippen LogP) is 5.26. The summed E-state index contributed by atoms with van der Waals surface area (Å²) in [5.74, 6) is 2.46. The lowest BCUT2D eigenvalue weighted by atomic mass is 9.80. The number of benzene rings is 1. The normalized spacial score (nSPS) is 18.5. The van der Waals surface area contributed by atoms with Crippen molar-refractivity contribution in [2.45, 2.75) is 50.9 Å². The van der Waals surface area contributed by atoms with E-state index in [0.717, 1.165) is 27.6 Å². The molecule has 1 heterocycles. The second kappa shape index (κ2) is 5.06. The minimum atomic E-state index is 0.597. The molecule has 2 aliphatic rings. The summed E-state index contributed by atoms with van der Waals surface area (Å²) >= 11 is 5.44. The predicted molar refractivity (Wildman–Crippen MR) is 88.2 cm³/mol. The highest BCUT2D eigenvalue weighted by Crippen LogP contribution is 2.40. The van der Waals surface area contributed by atoms with Gasteiger partial charge in [-0.05, 0) is 49.7 Å². The van der Waals surface area contributed by atoms with E-state index in [1.807, 2.05) is 0 Å². The molecule has 2 fully saturated rings. The summed E-state index contributed by atoms with van der Waals surface area (Å²) in [6.45, 7) is 2.07. The molecule has 0 bridgehead atoms. The highest BCUT2D eigenvalue weighted by atomic mass is 32.1. The number of hydrogen-bond acceptors (Lipinski definition) is 2. The van der Waals surface area contributed by atoms with Crippen LogP contribution in [0.15, 0.2) is 24.3 Å². The number of nitrogens with one attached hydrogen (secondary N) is 1. The fourth-order valence-electron chi connectivity index (χ4n) is 3.05. The molecule has 0 unspecified atom stereocenters. The summed E-state index contributed by atoms with van der Waals surface area (Å²) in [5, 5.41) is 0. The molecule has 0 saturated heterocycles. The number of hydrogen-bond donors (Lipinski definition) is 1. The Hall–Kier alpha value is -1.48. The Bertz CT molecular complexity index is 722. The van der Waals surface area contributed by atoms with Gasteiger partial charge in [-0.1, -0.05) is 42.9 Å². The van der Waals surface area contributed by atoms with E-state index in [9.17, 15) is 0 Å². The van der Waals surface area contributed by atoms with Crippen LogP contribution in [0.4, 0.5) is 0 Å². The van der Waals surface area contributed by atoms with Crippen LogP contribution < -0.4 is 0 Å². The van der Waals surface area contributed by atoms with Crippen LogP contribution >= 0.6 is 12.2 Å². The summed E-state index contributed by atoms with van der Waals surface area (Å²) in [7, 11) is 0. The molecule has 2 aliphatic carbocycles. The number of nitrogens with zero attached hydrogens (tertiary/aromatic N) is 1. The van der Waals surface area contributed by atoms with E-state index in [0.29, 0.717) is 5.92 Å². The maximum Gasteiger partial charge on any atom is 0.133 e. The third-order valence-electron chi connectivity index (χ3n) is 4.91. The Kier molecular flexibility index (Phi) is 3.18. The minimum Gasteiger partial charge on any atom is -0.343 e. The Labute approximate surface area is 130 Å². The van der Waals surface area contributed by atoms with E-state index in [4.69, 9.17) is 12.2 Å². The number of aromatic amines is 1. The van der Waals surface area contributed by atoms with E-state index in [1.54, 1.807) is 0 Å². The van der Waals surface area contributed by atoms with Crippen LogP contribution in [0.3, 0.4) is 0 Å². The lowest BCUT2D eigenvalue weighted by molar-refractivity contribution is 0.420. The van der Waals surface area contributed by atoms with Crippen LogP contribution in [0.2, 0.25) is 0 Å². The fourth-order valence-corrected chi connectivity index (χ4v) is 3.25. The molecule has 108 valence electrons. The molecule has 3 heteroatoms. The molecule has 4 rings (SSSR count). The molecule has 0 radical (unpaired) electrons. The first-order valence-corrected chi connectivity index (χ1v) is 8.34. The first-order valence-electron chi connectivity index (χ1n) is 7.93. The van der Waals surface area contributed by atoms with Gasteiger partial charge in [0.25, 0.3) is 0 Å². The van der Waals surface area contributed by atoms with Gasteiger partial charge in [-0.2, -0.15) is 0 Å². The lowest BCUT2D eigenvalue weighted by Gasteiger charge is -2.25. The average molecular weight is 296 g/mol. The number of rotatable bonds is 3. The molecule has 1 aromatic carbocycles. The highest BCUT2D eigenvalue weighted by Gasteiger charge is 2.26. The topological polar surface area (TPSA) is 28.7 Å². The van der Waals surface area contributed by atoms with E-state index in [1.165, 1.54) is 43.2 Å². The Morgan fingerprint density at radius 1 is 1.05 bits per heavy atom. The van der Waals surface area contributed by atoms with Gasteiger partial charge in [0.15, 0.2) is 0 Å². The molecule has 1 aromatic heterocycles. The lowest BCUT2D eigenvalue weighted by Crippen LogP contribution is -2.08. The Morgan fingerprint density at radius 3 is 2.33 bits per heavy atom. The molecule has 1 N–H and O–H groups in total. The molecule has 21 heavy (non-hydrogen) atoms. The quantitative estimate of drug-likeness (QED) is 0.783. The molecular formula is C18H20N2S. The van der Waals surface area contributed by atoms with E-state index >= 15 is 0 Å². The Balaban J connectivity index is 1.73. The van der Waals surface area contributed by atoms with Gasteiger partial charge in [-0.3, -0.25) is 0 Å². The van der Waals surface area contributed by atoms with Crippen molar-refractivity contribution in [1.82, 2.24) is 9.97 Å². The molecule has 2 saturated carbocycles. The van der Waals surface area contributed by atoms with E-state index in [-0.39, 0.29) is 0 Å². The van der Waals surface area contributed by atoms with Crippen molar-refractivity contribution in [2.24, 2.45) is 0 Å². The first-order chi connectivity index (χ1) is 10.2. The maximum absolute atomic E-state index is 5.44. The molecule has 2 nitrogen and oxygen atoms in total. The van der Waals surface area contributed by atoms with Crippen molar-refractivity contribution < 1.29 is 0 Å². The number of aromatic nitrogens is 2. The largest absolute Gasteiger partial charge is 0.343 e. The zero-order valence-electron chi connectivity index (χ0n) is 12.4. The molecule has 0 spiro atoms. The molecule has 0 amide bonds. The van der Waals surface area contributed by atoms with Gasteiger partial charge in [0.2, 0.25) is 0 Å². The molecule has 0 atom stereocenters. The zero-order chi connectivity index (χ0) is 14.4. The average Bonchev–Trinajstić information content (AvgIpc) is 3.25. The van der Waals surface area contributed by atoms with Crippen molar-refractivity contribution >= 4 is 12.2 Å². The third-order valence-corrected chi connectivity index (χ3v) is 5.31. The fraction of sp³-hybridized carbons (Fsp3) is 0.444. The highest BCUT2D eigenvalue weighted by molar-refractivity contribution is 7.71. The van der Waals surface area contributed by atoms with Crippen molar-refractivity contribution in [2.75, 3.05) is 0 Å². The summed E-state index contributed by atoms with van der Waals surface area (Å²) < 4.78 is 0.744. The van der Waals surface area contributed by atoms with Crippen LogP contribution in [0.1, 0.15) is 60.9 Å². The monoisotopic (exact) mass is 296 g/mol. The van der Waals surface area contributed by atoms with Gasteiger partial charge in [-0.25, -0.2) is 4.98 Å². The maximum atomic E-state index is 5.44. The van der Waals surface area contributed by atoms with Crippen molar-refractivity contribution in [3.05, 3.63) is 45.9 Å². The third kappa shape index (κ3) is 2.44. The molecule has 0 aliphatic heterocycles. The molecular weight excluding hydrogens is 276 g/mol. The van der Waals surface area contributed by atoms with Crippen molar-refractivity contribution in [1.29, 1.82) is 0 Å².